The van der Waals surface area contributed by atoms with E-state index in [2.05, 4.69) is 0 Å². The highest BCUT2D eigenvalue weighted by Gasteiger charge is 2.22. The van der Waals surface area contributed by atoms with Crippen molar-refractivity contribution in [3.8, 4) is 0 Å². The minimum Gasteiger partial charge on any atom is -0.486 e. The fourth-order valence-electron chi connectivity index (χ4n) is 0.839. The van der Waals surface area contributed by atoms with E-state index < -0.39 is 0 Å². The third kappa shape index (κ3) is 0.650. The summed E-state index contributed by atoms with van der Waals surface area (Å²) >= 11 is 0. The molecule has 2 aliphatic heterocycles. The zero-order valence-electron chi connectivity index (χ0n) is 4.35. The van der Waals surface area contributed by atoms with Gasteiger partial charge in [0.15, 0.2) is 5.09 Å². The van der Waals surface area contributed by atoms with E-state index in [4.69, 9.17) is 4.74 Å². The van der Waals surface area contributed by atoms with Gasteiger partial charge in [0.05, 0.1) is 6.61 Å². The van der Waals surface area contributed by atoms with Crippen LogP contribution in [0.2, 0.25) is 0 Å². The topological polar surface area (TPSA) is 9.23 Å². The van der Waals surface area contributed by atoms with E-state index in [9.17, 15) is 0 Å². The molecule has 2 rings (SSSR count). The van der Waals surface area contributed by atoms with Crippen molar-refractivity contribution >= 4 is 21.6 Å². The third-order valence-corrected chi connectivity index (χ3v) is 3.60. The van der Waals surface area contributed by atoms with Gasteiger partial charge < -0.3 is 4.74 Å². The zero-order valence-corrected chi connectivity index (χ0v) is 5.98. The lowest BCUT2D eigenvalue weighted by molar-refractivity contribution is 0.272. The molecule has 2 aliphatic rings. The van der Waals surface area contributed by atoms with E-state index >= 15 is 0 Å². The molecule has 0 N–H and O–H groups in total. The van der Waals surface area contributed by atoms with Gasteiger partial charge in [0, 0.05) is 12.2 Å². The summed E-state index contributed by atoms with van der Waals surface area (Å²) in [5.74, 6) is 1.19. The van der Waals surface area contributed by atoms with Crippen molar-refractivity contribution in [2.45, 2.75) is 6.42 Å². The molecule has 44 valence electrons. The third-order valence-electron chi connectivity index (χ3n) is 1.29. The van der Waals surface area contributed by atoms with Crippen LogP contribution >= 0.6 is 21.6 Å². The summed E-state index contributed by atoms with van der Waals surface area (Å²) < 4.78 is 5.30. The summed E-state index contributed by atoms with van der Waals surface area (Å²) in [6.07, 6.45) is 1.18. The van der Waals surface area contributed by atoms with Gasteiger partial charge in [-0.25, -0.2) is 0 Å². The maximum absolute atomic E-state index is 5.30. The van der Waals surface area contributed by atoms with Crippen molar-refractivity contribution in [3.63, 3.8) is 0 Å². The van der Waals surface area contributed by atoms with Crippen LogP contribution in [0.4, 0.5) is 0 Å². The fraction of sp³-hybridized carbons (Fsp3) is 0.600. The molecular weight excluding hydrogens is 140 g/mol. The van der Waals surface area contributed by atoms with Gasteiger partial charge in [-0.1, -0.05) is 10.8 Å². The molecule has 3 heteroatoms. The second kappa shape index (κ2) is 1.88. The van der Waals surface area contributed by atoms with E-state index in [1.165, 1.54) is 22.8 Å². The molecule has 0 spiro atoms. The van der Waals surface area contributed by atoms with E-state index in [1.54, 1.807) is 10.8 Å². The van der Waals surface area contributed by atoms with Crippen molar-refractivity contribution in [1.82, 2.24) is 0 Å². The minimum absolute atomic E-state index is 0.929. The van der Waals surface area contributed by atoms with Crippen LogP contribution in [-0.4, -0.2) is 12.4 Å². The zero-order chi connectivity index (χ0) is 5.40. The van der Waals surface area contributed by atoms with Gasteiger partial charge in [-0.3, -0.25) is 0 Å². The first kappa shape index (κ1) is 5.06. The molecule has 0 aliphatic carbocycles. The van der Waals surface area contributed by atoms with Gasteiger partial charge >= 0.3 is 0 Å². The van der Waals surface area contributed by atoms with Crippen LogP contribution in [0.3, 0.4) is 0 Å². The van der Waals surface area contributed by atoms with Crippen molar-refractivity contribution < 1.29 is 4.74 Å². The minimum atomic E-state index is 0.929. The molecule has 1 nitrogen and oxygen atoms in total. The monoisotopic (exact) mass is 146 g/mol. The molecule has 2 heterocycles. The number of hydrogen-bond acceptors (Lipinski definition) is 3. The Morgan fingerprint density at radius 2 is 2.50 bits per heavy atom. The molecule has 0 unspecified atom stereocenters. The summed E-state index contributed by atoms with van der Waals surface area (Å²) in [7, 11) is 3.67. The van der Waals surface area contributed by atoms with Gasteiger partial charge in [-0.2, -0.15) is 0 Å². The van der Waals surface area contributed by atoms with E-state index in [-0.39, 0.29) is 0 Å². The molecule has 0 aromatic carbocycles. The van der Waals surface area contributed by atoms with Crippen LogP contribution in [0.1, 0.15) is 6.42 Å². The highest BCUT2D eigenvalue weighted by atomic mass is 33.1. The maximum atomic E-state index is 5.30. The van der Waals surface area contributed by atoms with Gasteiger partial charge in [-0.05, 0) is 16.4 Å². The van der Waals surface area contributed by atoms with E-state index in [0.717, 1.165) is 6.61 Å². The first-order valence-corrected chi connectivity index (χ1v) is 4.93. The summed E-state index contributed by atoms with van der Waals surface area (Å²) in [6.45, 7) is 0.929. The number of hydrogen-bond donors (Lipinski definition) is 0. The molecule has 8 heavy (non-hydrogen) atoms. The Morgan fingerprint density at radius 3 is 3.38 bits per heavy atom. The molecule has 0 atom stereocenters. The molecule has 0 fully saturated rings. The molecule has 0 aromatic heterocycles. The molecule has 0 saturated carbocycles. The Morgan fingerprint density at radius 1 is 1.50 bits per heavy atom. The lowest BCUT2D eigenvalue weighted by Gasteiger charge is -1.94. The van der Waals surface area contributed by atoms with Gasteiger partial charge in [-0.15, -0.1) is 0 Å². The van der Waals surface area contributed by atoms with Crippen LogP contribution in [-0.2, 0) is 4.74 Å². The molecule has 0 radical (unpaired) electrons. The average Bonchev–Trinajstić information content (AvgIpc) is 2.15. The molecule has 0 amide bonds. The summed E-state index contributed by atoms with van der Waals surface area (Å²) in [4.78, 5) is 0. The maximum Gasteiger partial charge on any atom is 0.163 e. The Bertz CT molecular complexity index is 113. The molecule has 0 bridgehead atoms. The quantitative estimate of drug-likeness (QED) is 0.484. The Hall–Kier alpha value is 0.240. The van der Waals surface area contributed by atoms with Crippen molar-refractivity contribution in [3.05, 3.63) is 10.7 Å². The Balaban J connectivity index is 2.23. The Kier molecular flexibility index (Phi) is 1.19. The normalized spacial score (nSPS) is 26.0. The lowest BCUT2D eigenvalue weighted by atomic mass is 10.3. The highest BCUT2D eigenvalue weighted by Crippen LogP contribution is 2.45. The van der Waals surface area contributed by atoms with Crippen molar-refractivity contribution in [2.75, 3.05) is 12.4 Å². The smallest absolute Gasteiger partial charge is 0.163 e. The largest absolute Gasteiger partial charge is 0.486 e. The molecule has 0 saturated heterocycles. The van der Waals surface area contributed by atoms with Crippen LogP contribution in [0.5, 0.6) is 0 Å². The van der Waals surface area contributed by atoms with Crippen LogP contribution < -0.4 is 0 Å². The van der Waals surface area contributed by atoms with Crippen molar-refractivity contribution in [2.24, 2.45) is 0 Å². The van der Waals surface area contributed by atoms with E-state index in [1.807, 2.05) is 10.8 Å². The van der Waals surface area contributed by atoms with Crippen molar-refractivity contribution in [1.29, 1.82) is 0 Å². The standard InChI is InChI=1S/C5H6OS2/c1-2-6-5-4(1)3-7-8-5/h1-3H2. The first-order valence-electron chi connectivity index (χ1n) is 2.61. The van der Waals surface area contributed by atoms with Gasteiger partial charge in [0.1, 0.15) is 0 Å². The van der Waals surface area contributed by atoms with Crippen LogP contribution in [0, 0.1) is 0 Å². The summed E-state index contributed by atoms with van der Waals surface area (Å²) in [5, 5.41) is 1.20. The van der Waals surface area contributed by atoms with Gasteiger partial charge in [0.25, 0.3) is 0 Å². The molecular formula is C5H6OS2. The predicted molar refractivity (Wildman–Crippen MR) is 37.6 cm³/mol. The Labute approximate surface area is 56.3 Å². The SMILES string of the molecule is C1CC2=C(O1)SSC2. The van der Waals surface area contributed by atoms with Crippen LogP contribution in [0.25, 0.3) is 0 Å². The second-order valence-electron chi connectivity index (χ2n) is 1.83. The predicted octanol–water partition coefficient (Wildman–Crippen LogP) is 2.01. The summed E-state index contributed by atoms with van der Waals surface area (Å²) in [6, 6.07) is 0. The second-order valence-corrected chi connectivity index (χ2v) is 4.10. The van der Waals surface area contributed by atoms with E-state index in [0.29, 0.717) is 0 Å². The highest BCUT2D eigenvalue weighted by molar-refractivity contribution is 8.78. The molecule has 0 aromatic rings. The number of ether oxygens (including phenoxy) is 1. The average molecular weight is 146 g/mol. The summed E-state index contributed by atoms with van der Waals surface area (Å²) in [5.41, 5.74) is 1.53. The fourth-order valence-corrected chi connectivity index (χ4v) is 3.36. The lowest BCUT2D eigenvalue weighted by Crippen LogP contribution is -1.80. The van der Waals surface area contributed by atoms with Crippen LogP contribution in [0.15, 0.2) is 10.7 Å². The van der Waals surface area contributed by atoms with Gasteiger partial charge in [0.2, 0.25) is 0 Å². The number of rotatable bonds is 0. The first-order chi connectivity index (χ1) is 3.97.